The smallest absolute Gasteiger partial charge is 0.318 e. The van der Waals surface area contributed by atoms with E-state index in [0.29, 0.717) is 18.4 Å². The highest BCUT2D eigenvalue weighted by atomic mass is 32.1. The quantitative estimate of drug-likeness (QED) is 0.0337. The predicted molar refractivity (Wildman–Crippen MR) is 266 cm³/mol. The third kappa shape index (κ3) is 20.6. The van der Waals surface area contributed by atoms with Crippen LogP contribution in [0.25, 0.3) is 0 Å². The largest absolute Gasteiger partial charge is 0.508 e. The van der Waals surface area contributed by atoms with Crippen LogP contribution in [0, 0.1) is 11.8 Å². The van der Waals surface area contributed by atoms with Gasteiger partial charge in [-0.2, -0.15) is 25.3 Å². The van der Waals surface area contributed by atoms with Gasteiger partial charge >= 0.3 is 6.03 Å². The number of aromatic hydroxyl groups is 1. The van der Waals surface area contributed by atoms with Gasteiger partial charge in [-0.1, -0.05) is 46.2 Å². The van der Waals surface area contributed by atoms with Gasteiger partial charge in [0.1, 0.15) is 48.0 Å². The molecule has 13 amide bonds. The Kier molecular flexibility index (Phi) is 25.8. The number of nitrogens with zero attached hydrogens (tertiary/aromatic N) is 1. The van der Waals surface area contributed by atoms with Crippen LogP contribution in [0.2, 0.25) is 0 Å². The van der Waals surface area contributed by atoms with E-state index >= 15 is 0 Å². The Balaban J connectivity index is 2.33. The molecule has 2 rings (SSSR count). The fourth-order valence-electron chi connectivity index (χ4n) is 7.30. The van der Waals surface area contributed by atoms with E-state index in [9.17, 15) is 62.6 Å². The number of rotatable bonds is 29. The molecule has 9 atom stereocenters. The van der Waals surface area contributed by atoms with Gasteiger partial charge in [0.15, 0.2) is 0 Å². The summed E-state index contributed by atoms with van der Waals surface area (Å²) >= 11 is 8.28. The molecule has 1 heterocycles. The number of benzene rings is 1. The van der Waals surface area contributed by atoms with Crippen molar-refractivity contribution in [3.63, 3.8) is 0 Å². The summed E-state index contributed by atoms with van der Waals surface area (Å²) in [4.78, 5) is 158. The molecular weight excluding hydrogens is 983 g/mol. The first-order valence-corrected chi connectivity index (χ1v) is 24.4. The van der Waals surface area contributed by atoms with Crippen LogP contribution in [0.4, 0.5) is 4.79 Å². The molecule has 1 aromatic rings. The summed E-state index contributed by atoms with van der Waals surface area (Å²) in [5.41, 5.74) is 22.2. The number of phenols is 1. The van der Waals surface area contributed by atoms with Crippen molar-refractivity contribution in [3.8, 4) is 5.75 Å². The molecule has 0 radical (unpaired) electrons. The number of nitrogens with one attached hydrogen (secondary N) is 8. The maximum absolute atomic E-state index is 14.1. The summed E-state index contributed by atoms with van der Waals surface area (Å²) in [6, 6.07) is -6.25. The molecule has 1 saturated heterocycles. The summed E-state index contributed by atoms with van der Waals surface area (Å²) < 4.78 is 0. The Bertz CT molecular complexity index is 2130. The van der Waals surface area contributed by atoms with Crippen molar-refractivity contribution in [2.45, 2.75) is 127 Å². The number of hydrogen-bond acceptors (Lipinski definition) is 16. The summed E-state index contributed by atoms with van der Waals surface area (Å²) in [6.45, 7) is 6.33. The first-order chi connectivity index (χ1) is 33.8. The molecule has 1 aliphatic rings. The lowest BCUT2D eigenvalue weighted by molar-refractivity contribution is -0.142. The van der Waals surface area contributed by atoms with E-state index in [1.54, 1.807) is 33.0 Å². The number of likely N-dealkylation sites (tertiary alicyclic amines) is 1. The Hall–Kier alpha value is -6.68. The van der Waals surface area contributed by atoms with Crippen LogP contribution in [0.1, 0.15) is 78.2 Å². The average Bonchev–Trinajstić information content (AvgIpc) is 3.82. The van der Waals surface area contributed by atoms with E-state index in [-0.39, 0.29) is 49.0 Å². The zero-order chi connectivity index (χ0) is 54.4. The lowest BCUT2D eigenvalue weighted by atomic mass is 9.96. The van der Waals surface area contributed by atoms with Crippen LogP contribution < -0.4 is 65.5 Å². The van der Waals surface area contributed by atoms with Crippen LogP contribution in [0.3, 0.4) is 0 Å². The predicted octanol–water partition coefficient (Wildman–Crippen LogP) is -4.43. The van der Waals surface area contributed by atoms with E-state index in [0.717, 1.165) is 0 Å². The number of urea groups is 1. The van der Waals surface area contributed by atoms with Crippen LogP contribution in [0.5, 0.6) is 5.75 Å². The van der Waals surface area contributed by atoms with E-state index in [2.05, 4.69) is 62.5 Å². The Morgan fingerprint density at radius 1 is 0.708 bits per heavy atom. The zero-order valence-electron chi connectivity index (χ0n) is 40.6. The second-order valence-corrected chi connectivity index (χ2v) is 18.4. The van der Waals surface area contributed by atoms with Crippen molar-refractivity contribution in [3.05, 3.63) is 29.8 Å². The fraction of sp³-hybridized carbons (Fsp3) is 0.591. The van der Waals surface area contributed by atoms with E-state index in [4.69, 9.17) is 22.9 Å². The molecule has 26 nitrogen and oxygen atoms in total. The number of phenolic OH excluding ortho intramolecular Hbond substituents is 1. The zero-order valence-corrected chi connectivity index (χ0v) is 42.4. The first kappa shape index (κ1) is 61.4. The van der Waals surface area contributed by atoms with Gasteiger partial charge in [-0.05, 0) is 55.2 Å². The van der Waals surface area contributed by atoms with Crippen molar-refractivity contribution < 1.29 is 62.6 Å². The second-order valence-electron chi connectivity index (χ2n) is 17.6. The number of hydrogen-bond donors (Lipinski definition) is 15. The molecule has 17 N–H and O–H groups in total. The molecule has 72 heavy (non-hydrogen) atoms. The molecule has 0 unspecified atom stereocenters. The van der Waals surface area contributed by atoms with Crippen molar-refractivity contribution in [2.24, 2.45) is 34.8 Å². The van der Waals surface area contributed by atoms with Crippen LogP contribution in [-0.2, 0) is 59.2 Å². The molecule has 0 saturated carbocycles. The van der Waals surface area contributed by atoms with Gasteiger partial charge < -0.3 is 70.2 Å². The molecule has 0 spiro atoms. The van der Waals surface area contributed by atoms with Gasteiger partial charge in [-0.25, -0.2) is 4.79 Å². The monoisotopic (exact) mass is 1050 g/mol. The van der Waals surface area contributed by atoms with Crippen LogP contribution >= 0.6 is 25.3 Å². The van der Waals surface area contributed by atoms with Crippen molar-refractivity contribution in [1.29, 1.82) is 0 Å². The van der Waals surface area contributed by atoms with Crippen LogP contribution in [-0.4, -0.2) is 154 Å². The molecule has 0 aliphatic carbocycles. The number of thiol groups is 2. The molecule has 0 bridgehead atoms. The molecule has 1 aliphatic heterocycles. The lowest BCUT2D eigenvalue weighted by Gasteiger charge is -2.30. The molecular formula is C44H69N13O13S2. The van der Waals surface area contributed by atoms with Gasteiger partial charge in [0, 0.05) is 30.9 Å². The third-order valence-corrected chi connectivity index (χ3v) is 12.1. The third-order valence-electron chi connectivity index (χ3n) is 11.3. The highest BCUT2D eigenvalue weighted by Crippen LogP contribution is 2.20. The van der Waals surface area contributed by atoms with Gasteiger partial charge in [-0.15, -0.1) is 0 Å². The molecule has 1 fully saturated rings. The van der Waals surface area contributed by atoms with E-state index < -0.39 is 151 Å². The molecule has 28 heteroatoms. The minimum Gasteiger partial charge on any atom is -0.508 e. The lowest BCUT2D eigenvalue weighted by Crippen LogP contribution is -2.61. The number of amides is 13. The normalized spacial score (nSPS) is 16.4. The fourth-order valence-corrected chi connectivity index (χ4v) is 7.71. The summed E-state index contributed by atoms with van der Waals surface area (Å²) in [6.07, 6.45) is -0.887. The van der Waals surface area contributed by atoms with Gasteiger partial charge in [0.2, 0.25) is 65.0 Å². The molecule has 0 aromatic heterocycles. The maximum atomic E-state index is 14.1. The number of imide groups is 1. The summed E-state index contributed by atoms with van der Waals surface area (Å²) in [5, 5.41) is 28.9. The van der Waals surface area contributed by atoms with E-state index in [1.807, 2.05) is 0 Å². The highest BCUT2D eigenvalue weighted by Gasteiger charge is 2.40. The maximum Gasteiger partial charge on any atom is 0.318 e. The summed E-state index contributed by atoms with van der Waals surface area (Å²) in [5.74, 6) is -11.0. The van der Waals surface area contributed by atoms with Gasteiger partial charge in [0.05, 0.1) is 19.0 Å². The number of nitrogens with two attached hydrogens (primary N) is 4. The van der Waals surface area contributed by atoms with Gasteiger partial charge in [-0.3, -0.25) is 58.1 Å². The number of carbonyl (C=O) groups is 12. The van der Waals surface area contributed by atoms with Gasteiger partial charge in [0.25, 0.3) is 0 Å². The average molecular weight is 1050 g/mol. The Morgan fingerprint density at radius 2 is 1.29 bits per heavy atom. The Morgan fingerprint density at radius 3 is 1.85 bits per heavy atom. The first-order valence-electron chi connectivity index (χ1n) is 23.1. The van der Waals surface area contributed by atoms with Crippen molar-refractivity contribution in [1.82, 2.24) is 47.4 Å². The highest BCUT2D eigenvalue weighted by molar-refractivity contribution is 7.80. The SMILES string of the molecule is CC[C@H](C)[C@H](NC(=O)[C@H](Cc1ccc(O)cc1)NC(=O)[C@@H](N)CS)C(=O)N[C@@H](CCC(N)=O)C(=O)N[C@@H](CC(N)=O)C(=O)N[C@@H](CS)C(=O)N1CCC[C@H]1C(=O)N[C@@H](CC(C)C)C(=O)NCC(=O)NC(N)=O. The van der Waals surface area contributed by atoms with Crippen LogP contribution in [0.15, 0.2) is 24.3 Å². The van der Waals surface area contributed by atoms with E-state index in [1.165, 1.54) is 29.2 Å². The second kappa shape index (κ2) is 30.3. The molecule has 400 valence electrons. The summed E-state index contributed by atoms with van der Waals surface area (Å²) in [7, 11) is 0. The Labute approximate surface area is 427 Å². The minimum absolute atomic E-state index is 0.0458. The standard InChI is InChI=1S/C44H69N13O13S2/c1-5-22(4)35(56-40(66)28(51-36(62)25(45)19-71)16-23-8-10-24(58)11-9-23)42(68)50-26(12-13-32(46)59)38(64)52-29(17-33(47)60)39(65)54-30(20-72)43(69)57-14-6-7-31(57)41(67)53-27(15-21(2)3)37(63)49-18-34(61)55-44(48)70/h8-11,21-22,25-31,35,58,71-72H,5-7,12-20,45H2,1-4H3,(H2,46,59)(H2,47,60)(H,49,63)(H,50,68)(H,51,62)(H,52,64)(H,53,67)(H,54,65)(H,56,66)(H3,48,55,61,70)/t22-,25-,26-,27-,28-,29-,30-,31-,35-/m0/s1. The topological polar surface area (TPSA) is 429 Å². The van der Waals surface area contributed by atoms with Crippen molar-refractivity contribution in [2.75, 3.05) is 24.6 Å². The minimum atomic E-state index is -1.78. The number of primary amides is 3. The number of carbonyl (C=O) groups excluding carboxylic acids is 12. The van der Waals surface area contributed by atoms with Crippen molar-refractivity contribution >= 4 is 96.3 Å². The molecule has 1 aromatic carbocycles.